The van der Waals surface area contributed by atoms with Gasteiger partial charge in [-0.15, -0.1) is 15.6 Å². The quantitative estimate of drug-likeness (QED) is 0.0552. The van der Waals surface area contributed by atoms with Gasteiger partial charge in [-0.25, -0.2) is 9.55 Å². The summed E-state index contributed by atoms with van der Waals surface area (Å²) in [4.78, 5) is 35.5. The van der Waals surface area contributed by atoms with E-state index in [0.29, 0.717) is 17.4 Å². The van der Waals surface area contributed by atoms with Gasteiger partial charge in [0.15, 0.2) is 34.6 Å². The third-order valence-corrected chi connectivity index (χ3v) is 8.47. The average Bonchev–Trinajstić information content (AvgIpc) is 3.44. The highest BCUT2D eigenvalue weighted by atomic mass is 32.3. The number of ketones is 1. The Morgan fingerprint density at radius 1 is 1.22 bits per heavy atom. The molecule has 1 aliphatic heterocycles. The number of carbonyl (C=O) groups excluding carboxylic acids is 2. The van der Waals surface area contributed by atoms with Crippen molar-refractivity contribution in [3.05, 3.63) is 59.4 Å². The van der Waals surface area contributed by atoms with Crippen molar-refractivity contribution in [2.45, 2.75) is 44.8 Å². The lowest BCUT2D eigenvalue weighted by atomic mass is 9.74. The van der Waals surface area contributed by atoms with E-state index >= 15 is 0 Å². The number of rotatable bonds is 16. The fraction of sp³-hybridized carbons (Fsp3) is 0.414. The zero-order valence-electron chi connectivity index (χ0n) is 25.5. The van der Waals surface area contributed by atoms with E-state index in [-0.39, 0.29) is 23.1 Å². The van der Waals surface area contributed by atoms with Crippen LogP contribution in [0, 0.1) is 5.92 Å². The molecule has 2 aromatic heterocycles. The van der Waals surface area contributed by atoms with E-state index in [9.17, 15) is 23.1 Å². The molecule has 1 saturated heterocycles. The highest BCUT2D eigenvalue weighted by Gasteiger charge is 2.57. The van der Waals surface area contributed by atoms with Gasteiger partial charge in [-0.2, -0.15) is 13.5 Å². The molecule has 6 N–H and O–H groups in total. The Bertz CT molecular complexity index is 1690. The summed E-state index contributed by atoms with van der Waals surface area (Å²) in [6.45, 7) is 2.97. The minimum absolute atomic E-state index is 0.0946. The summed E-state index contributed by atoms with van der Waals surface area (Å²) in [6.07, 6.45) is 2.49. The van der Waals surface area contributed by atoms with Crippen molar-refractivity contribution in [3.8, 4) is 16.9 Å². The number of ether oxygens (including phenoxy) is 1. The molecule has 2 atom stereocenters. The van der Waals surface area contributed by atoms with E-state index in [0.717, 1.165) is 35.3 Å². The maximum atomic E-state index is 13.3. The molecule has 1 aliphatic rings. The summed E-state index contributed by atoms with van der Waals surface area (Å²) in [5.41, 5.74) is 13.2. The molecule has 1 amide bonds. The van der Waals surface area contributed by atoms with Crippen LogP contribution in [0.1, 0.15) is 38.1 Å². The third-order valence-electron chi connectivity index (χ3n) is 7.46. The molecule has 248 valence electrons. The number of β-lactam (4-membered cyclic amide) rings is 1. The van der Waals surface area contributed by atoms with Crippen molar-refractivity contribution < 1.29 is 46.1 Å². The second-order valence-corrected chi connectivity index (χ2v) is 13.0. The van der Waals surface area contributed by atoms with Crippen molar-refractivity contribution in [1.29, 1.82) is 0 Å². The van der Waals surface area contributed by atoms with E-state index in [1.807, 2.05) is 19.2 Å². The predicted octanol–water partition coefficient (Wildman–Crippen LogP) is 1.20. The highest BCUT2D eigenvalue weighted by molar-refractivity contribution is 7.80. The van der Waals surface area contributed by atoms with Crippen molar-refractivity contribution in [2.75, 3.05) is 25.5 Å². The number of pyridine rings is 1. The predicted molar refractivity (Wildman–Crippen MR) is 168 cm³/mol. The molecule has 1 fully saturated rings. The van der Waals surface area contributed by atoms with Crippen LogP contribution >= 0.6 is 11.3 Å². The number of nitrogens with zero attached hydrogens (tertiary/aromatic N) is 4. The summed E-state index contributed by atoms with van der Waals surface area (Å²) in [5, 5.41) is 16.0. The zero-order chi connectivity index (χ0) is 33.6. The Morgan fingerprint density at radius 3 is 2.48 bits per heavy atom. The first-order valence-corrected chi connectivity index (χ1v) is 16.5. The van der Waals surface area contributed by atoms with Crippen LogP contribution in [0.3, 0.4) is 0 Å². The van der Waals surface area contributed by atoms with E-state index in [1.54, 1.807) is 12.1 Å². The van der Waals surface area contributed by atoms with E-state index in [4.69, 9.17) is 25.6 Å². The number of amides is 1. The molecule has 0 bridgehead atoms. The van der Waals surface area contributed by atoms with Gasteiger partial charge >= 0.3 is 10.4 Å². The molecule has 46 heavy (non-hydrogen) atoms. The summed E-state index contributed by atoms with van der Waals surface area (Å²) in [7, 11) is -2.95. The van der Waals surface area contributed by atoms with Crippen LogP contribution < -0.4 is 20.8 Å². The van der Waals surface area contributed by atoms with Gasteiger partial charge < -0.3 is 26.1 Å². The number of oxime groups is 1. The second-order valence-electron chi connectivity index (χ2n) is 11.1. The third kappa shape index (κ3) is 8.42. The smallest absolute Gasteiger partial charge is 0.418 e. The maximum Gasteiger partial charge on any atom is 0.418 e. The first kappa shape index (κ1) is 34.9. The molecular formula is C29H37N6O9S2+. The molecule has 1 aromatic carbocycles. The molecule has 0 unspecified atom stereocenters. The van der Waals surface area contributed by atoms with Crippen LogP contribution in [0.2, 0.25) is 0 Å². The molecule has 0 radical (unpaired) electrons. The van der Waals surface area contributed by atoms with Gasteiger partial charge in [-0.3, -0.25) is 14.1 Å². The van der Waals surface area contributed by atoms with Crippen molar-refractivity contribution in [2.24, 2.45) is 23.9 Å². The number of aromatic nitrogens is 2. The number of Topliss-reactive ketones (excluding diaryl/α,β-unsaturated/α-hetero) is 1. The number of hydrogen-bond donors (Lipinski definition) is 4. The number of nitrogens with two attached hydrogens (primary N) is 2. The van der Waals surface area contributed by atoms with E-state index in [2.05, 4.69) is 37.3 Å². The Labute approximate surface area is 270 Å². The lowest BCUT2D eigenvalue weighted by Crippen LogP contribution is -2.68. The number of hydrogen-bond acceptors (Lipinski definition) is 13. The van der Waals surface area contributed by atoms with Crippen LogP contribution in [0.25, 0.3) is 11.1 Å². The molecular weight excluding hydrogens is 640 g/mol. The van der Waals surface area contributed by atoms with Crippen LogP contribution in [-0.4, -0.2) is 76.9 Å². The molecule has 15 nitrogen and oxygen atoms in total. The lowest BCUT2D eigenvalue weighted by molar-refractivity contribution is -0.678. The Kier molecular flexibility index (Phi) is 11.1. The van der Waals surface area contributed by atoms with Gasteiger partial charge in [0.25, 0.3) is 5.91 Å². The largest absolute Gasteiger partial charge is 0.490 e. The van der Waals surface area contributed by atoms with Crippen LogP contribution in [0.15, 0.2) is 53.1 Å². The average molecular weight is 678 g/mol. The standard InChI is InChI=1S/C29H36N6O9S2/c1-29(2)23(27(38)35(29)44-46(39,40)41)13-25(37)26(24-17-45-28(31)32-24)33-43-22(15-36)16-42-21-10-7-18(8-11-21)19-6-9-20(5-4-12-30)34(3)14-19/h6-11,14,17,22-23,36H,4-5,12-13,15-16,30H2,1-3H3,(H2-,31,32,39,40,41)/p+1/b33-26-/t22-,23-/m1/s1. The molecule has 0 spiro atoms. The van der Waals surface area contributed by atoms with Crippen LogP contribution in [-0.2, 0) is 42.6 Å². The number of carbonyl (C=O) groups is 2. The van der Waals surface area contributed by atoms with Gasteiger partial charge in [-0.05, 0) is 50.6 Å². The topological polar surface area (TPSA) is 221 Å². The first-order valence-electron chi connectivity index (χ1n) is 14.3. The second kappa shape index (κ2) is 14.6. The summed E-state index contributed by atoms with van der Waals surface area (Å²) in [5.74, 6) is -1.96. The number of aryl methyl sites for hydroxylation is 2. The Hall–Kier alpha value is -4.00. The lowest BCUT2D eigenvalue weighted by Gasteiger charge is -2.50. The minimum Gasteiger partial charge on any atom is -0.490 e. The SMILES string of the molecule is C[n+]1cc(-c2ccc(OC[C@@H](CO)O/N=C(\C(=O)C[C@@H]3C(=O)N(OS(=O)(=O)O)C3(C)C)c3csc(N)n3)cc2)ccc1CCCN. The molecule has 4 rings (SSSR count). The van der Waals surface area contributed by atoms with Crippen LogP contribution in [0.5, 0.6) is 5.75 Å². The van der Waals surface area contributed by atoms with Crippen molar-refractivity contribution in [1.82, 2.24) is 10.0 Å². The number of aliphatic hydroxyl groups is 1. The number of nitrogen functional groups attached to an aromatic ring is 1. The molecule has 0 aliphatic carbocycles. The Balaban J connectivity index is 1.41. The number of hydroxylamine groups is 2. The maximum absolute atomic E-state index is 13.3. The normalized spacial score (nSPS) is 17.0. The monoisotopic (exact) mass is 677 g/mol. The molecule has 3 aromatic rings. The molecule has 17 heteroatoms. The highest BCUT2D eigenvalue weighted by Crippen LogP contribution is 2.40. The van der Waals surface area contributed by atoms with Gasteiger partial charge in [0.1, 0.15) is 25.1 Å². The summed E-state index contributed by atoms with van der Waals surface area (Å²) >= 11 is 1.06. The van der Waals surface area contributed by atoms with E-state index < -0.39 is 52.7 Å². The van der Waals surface area contributed by atoms with Gasteiger partial charge in [0.05, 0.1) is 18.1 Å². The van der Waals surface area contributed by atoms with E-state index in [1.165, 1.54) is 24.9 Å². The number of benzene rings is 1. The molecule has 0 saturated carbocycles. The van der Waals surface area contributed by atoms with Gasteiger partial charge in [0.2, 0.25) is 0 Å². The minimum atomic E-state index is -4.95. The fourth-order valence-corrected chi connectivity index (χ4v) is 5.82. The summed E-state index contributed by atoms with van der Waals surface area (Å²) in [6, 6.07) is 11.5. The first-order chi connectivity index (χ1) is 21.7. The summed E-state index contributed by atoms with van der Waals surface area (Å²) < 4.78 is 43.4. The zero-order valence-corrected chi connectivity index (χ0v) is 27.2. The number of thiazole rings is 1. The van der Waals surface area contributed by atoms with Crippen molar-refractivity contribution in [3.63, 3.8) is 0 Å². The number of aliphatic hydroxyl groups excluding tert-OH is 1. The number of anilines is 1. The van der Waals surface area contributed by atoms with Crippen LogP contribution in [0.4, 0.5) is 5.13 Å². The van der Waals surface area contributed by atoms with Crippen molar-refractivity contribution >= 4 is 44.3 Å². The fourth-order valence-electron chi connectivity index (χ4n) is 4.81. The van der Waals surface area contributed by atoms with Gasteiger partial charge in [-0.1, -0.05) is 17.3 Å². The molecule has 3 heterocycles. The Morgan fingerprint density at radius 2 is 1.91 bits per heavy atom. The van der Waals surface area contributed by atoms with Gasteiger partial charge in [0, 0.05) is 29.9 Å².